The quantitative estimate of drug-likeness (QED) is 0.239. The number of nitrogens with one attached hydrogen (secondary N) is 1. The normalized spacial score (nSPS) is 11.5. The molecule has 0 aromatic rings. The molecule has 0 heterocycles. The first-order chi connectivity index (χ1) is 6.20. The molecule has 0 aromatic heterocycles. The third-order valence-electron chi connectivity index (χ3n) is 1.38. The zero-order chi connectivity index (χ0) is 10.1. The average molecular weight is 200 g/mol. The van der Waals surface area contributed by atoms with Gasteiger partial charge in [-0.1, -0.05) is 11.8 Å². The fourth-order valence-electron chi connectivity index (χ4n) is 0.770. The topological polar surface area (TPSA) is 51.4 Å². The first-order valence-corrected chi connectivity index (χ1v) is 5.31. The number of nitriles is 1. The molecule has 0 atom stereocenters. The van der Waals surface area contributed by atoms with E-state index in [4.69, 9.17) is 5.26 Å². The average Bonchev–Trinajstić information content (AvgIpc) is 2.10. The van der Waals surface area contributed by atoms with Crippen LogP contribution < -0.4 is 5.32 Å². The SMILES string of the molecule is CSC(=NCCCN(C)C)NC#N. The highest BCUT2D eigenvalue weighted by Gasteiger charge is 1.93. The van der Waals surface area contributed by atoms with Gasteiger partial charge in [0, 0.05) is 6.54 Å². The number of hydrogen-bond acceptors (Lipinski definition) is 4. The van der Waals surface area contributed by atoms with Crippen LogP contribution in [0.15, 0.2) is 4.99 Å². The van der Waals surface area contributed by atoms with Gasteiger partial charge in [0.15, 0.2) is 11.4 Å². The fourth-order valence-corrected chi connectivity index (χ4v) is 1.14. The van der Waals surface area contributed by atoms with Crippen molar-refractivity contribution < 1.29 is 0 Å². The van der Waals surface area contributed by atoms with Crippen LogP contribution in [0, 0.1) is 11.5 Å². The number of amidine groups is 1. The molecule has 13 heavy (non-hydrogen) atoms. The third kappa shape index (κ3) is 7.62. The molecular weight excluding hydrogens is 184 g/mol. The van der Waals surface area contributed by atoms with Crippen molar-refractivity contribution in [1.82, 2.24) is 10.2 Å². The maximum absolute atomic E-state index is 8.35. The second kappa shape index (κ2) is 7.90. The number of rotatable bonds is 4. The van der Waals surface area contributed by atoms with E-state index in [1.165, 1.54) is 11.8 Å². The third-order valence-corrected chi connectivity index (χ3v) is 1.99. The van der Waals surface area contributed by atoms with Gasteiger partial charge < -0.3 is 4.90 Å². The van der Waals surface area contributed by atoms with Crippen LogP contribution in [0.5, 0.6) is 0 Å². The van der Waals surface area contributed by atoms with Gasteiger partial charge in [-0.25, -0.2) is 0 Å². The molecule has 0 fully saturated rings. The summed E-state index contributed by atoms with van der Waals surface area (Å²) in [5.74, 6) is 0. The summed E-state index contributed by atoms with van der Waals surface area (Å²) in [6.45, 7) is 1.79. The predicted molar refractivity (Wildman–Crippen MR) is 57.7 cm³/mol. The molecule has 74 valence electrons. The maximum Gasteiger partial charge on any atom is 0.183 e. The number of hydrogen-bond donors (Lipinski definition) is 1. The fraction of sp³-hybridized carbons (Fsp3) is 0.750. The van der Waals surface area contributed by atoms with Crippen LogP contribution in [-0.2, 0) is 0 Å². The molecule has 0 aliphatic rings. The minimum Gasteiger partial charge on any atom is -0.309 e. The van der Waals surface area contributed by atoms with Gasteiger partial charge in [-0.05, 0) is 33.3 Å². The molecule has 0 unspecified atom stereocenters. The molecule has 0 aromatic carbocycles. The Balaban J connectivity index is 3.62. The number of aliphatic imine (C=N–C) groups is 1. The van der Waals surface area contributed by atoms with E-state index in [0.717, 1.165) is 19.5 Å². The highest BCUT2D eigenvalue weighted by Crippen LogP contribution is 1.95. The smallest absolute Gasteiger partial charge is 0.183 e. The van der Waals surface area contributed by atoms with E-state index < -0.39 is 0 Å². The van der Waals surface area contributed by atoms with Crippen molar-refractivity contribution in [3.05, 3.63) is 0 Å². The van der Waals surface area contributed by atoms with E-state index in [-0.39, 0.29) is 0 Å². The Kier molecular flexibility index (Phi) is 7.45. The van der Waals surface area contributed by atoms with E-state index in [9.17, 15) is 0 Å². The van der Waals surface area contributed by atoms with E-state index in [1.54, 1.807) is 0 Å². The molecular formula is C8H16N4S. The molecule has 0 saturated heterocycles. The van der Waals surface area contributed by atoms with Crippen LogP contribution in [0.4, 0.5) is 0 Å². The Morgan fingerprint density at radius 2 is 2.31 bits per heavy atom. The molecule has 0 aliphatic carbocycles. The van der Waals surface area contributed by atoms with E-state index in [2.05, 4.69) is 15.2 Å². The van der Waals surface area contributed by atoms with Crippen LogP contribution in [0.3, 0.4) is 0 Å². The van der Waals surface area contributed by atoms with Crippen LogP contribution in [0.2, 0.25) is 0 Å². The minimum atomic E-state index is 0.696. The summed E-state index contributed by atoms with van der Waals surface area (Å²) in [4.78, 5) is 6.34. The molecule has 0 amide bonds. The van der Waals surface area contributed by atoms with E-state index in [1.807, 2.05) is 26.5 Å². The summed E-state index contributed by atoms with van der Waals surface area (Å²) >= 11 is 1.46. The maximum atomic E-state index is 8.35. The van der Waals surface area contributed by atoms with E-state index in [0.29, 0.717) is 5.17 Å². The van der Waals surface area contributed by atoms with Crippen LogP contribution in [0.25, 0.3) is 0 Å². The lowest BCUT2D eigenvalue weighted by molar-refractivity contribution is 0.403. The minimum absolute atomic E-state index is 0.696. The van der Waals surface area contributed by atoms with Gasteiger partial charge in [-0.15, -0.1) is 0 Å². The van der Waals surface area contributed by atoms with Gasteiger partial charge in [-0.2, -0.15) is 5.26 Å². The summed E-state index contributed by atoms with van der Waals surface area (Å²) in [6, 6.07) is 0. The van der Waals surface area contributed by atoms with Crippen LogP contribution in [0.1, 0.15) is 6.42 Å². The van der Waals surface area contributed by atoms with E-state index >= 15 is 0 Å². The van der Waals surface area contributed by atoms with Crippen molar-refractivity contribution in [3.8, 4) is 6.19 Å². The van der Waals surface area contributed by atoms with Crippen molar-refractivity contribution in [2.75, 3.05) is 33.4 Å². The zero-order valence-electron chi connectivity index (χ0n) is 8.37. The summed E-state index contributed by atoms with van der Waals surface area (Å²) in [5, 5.41) is 11.6. The Morgan fingerprint density at radius 1 is 1.62 bits per heavy atom. The molecule has 5 heteroatoms. The first kappa shape index (κ1) is 12.3. The number of nitrogens with zero attached hydrogens (tertiary/aromatic N) is 3. The van der Waals surface area contributed by atoms with Gasteiger partial charge in [0.05, 0.1) is 0 Å². The van der Waals surface area contributed by atoms with Crippen LogP contribution in [-0.4, -0.2) is 43.5 Å². The van der Waals surface area contributed by atoms with Crippen molar-refractivity contribution in [1.29, 1.82) is 5.26 Å². The zero-order valence-corrected chi connectivity index (χ0v) is 9.19. The van der Waals surface area contributed by atoms with Gasteiger partial charge in [0.1, 0.15) is 0 Å². The lowest BCUT2D eigenvalue weighted by atomic mass is 10.4. The Morgan fingerprint density at radius 3 is 2.77 bits per heavy atom. The lowest BCUT2D eigenvalue weighted by Crippen LogP contribution is -2.16. The molecule has 0 aliphatic heterocycles. The summed E-state index contributed by atoms with van der Waals surface area (Å²) in [5.41, 5.74) is 0. The number of thioether (sulfide) groups is 1. The second-order valence-corrected chi connectivity index (χ2v) is 3.58. The van der Waals surface area contributed by atoms with Crippen molar-refractivity contribution in [3.63, 3.8) is 0 Å². The molecule has 0 saturated carbocycles. The summed E-state index contributed by atoms with van der Waals surface area (Å²) < 4.78 is 0. The van der Waals surface area contributed by atoms with Crippen molar-refractivity contribution in [2.45, 2.75) is 6.42 Å². The molecule has 4 nitrogen and oxygen atoms in total. The van der Waals surface area contributed by atoms with Gasteiger partial charge in [0.2, 0.25) is 0 Å². The summed E-state index contributed by atoms with van der Waals surface area (Å²) in [6.07, 6.45) is 4.77. The molecule has 1 N–H and O–H groups in total. The molecule has 0 radical (unpaired) electrons. The standard InChI is InChI=1S/C8H16N4S/c1-12(2)6-4-5-10-8(13-3)11-7-9/h4-6H2,1-3H3,(H,10,11). The Bertz CT molecular complexity index is 195. The lowest BCUT2D eigenvalue weighted by Gasteiger charge is -2.07. The van der Waals surface area contributed by atoms with Crippen LogP contribution >= 0.6 is 11.8 Å². The van der Waals surface area contributed by atoms with Gasteiger partial charge in [-0.3, -0.25) is 10.3 Å². The van der Waals surface area contributed by atoms with Crippen molar-refractivity contribution in [2.24, 2.45) is 4.99 Å². The molecule has 0 bridgehead atoms. The summed E-state index contributed by atoms with van der Waals surface area (Å²) in [7, 11) is 4.07. The highest BCUT2D eigenvalue weighted by molar-refractivity contribution is 8.13. The highest BCUT2D eigenvalue weighted by atomic mass is 32.2. The molecule has 0 spiro atoms. The Labute approximate surface area is 84.0 Å². The first-order valence-electron chi connectivity index (χ1n) is 4.09. The van der Waals surface area contributed by atoms with Gasteiger partial charge >= 0.3 is 0 Å². The molecule has 0 rings (SSSR count). The monoisotopic (exact) mass is 200 g/mol. The predicted octanol–water partition coefficient (Wildman–Crippen LogP) is 0.728. The van der Waals surface area contributed by atoms with Crippen molar-refractivity contribution >= 4 is 16.9 Å². The largest absolute Gasteiger partial charge is 0.309 e. The Hall–Kier alpha value is -0.730. The second-order valence-electron chi connectivity index (χ2n) is 2.78. The van der Waals surface area contributed by atoms with Gasteiger partial charge in [0.25, 0.3) is 0 Å².